The number of fused-ring (bicyclic) bond motifs is 5. The lowest BCUT2D eigenvalue weighted by molar-refractivity contribution is -0.133. The zero-order valence-electron chi connectivity index (χ0n) is 25.0. The number of hydrogen-bond donors (Lipinski definition) is 4. The number of nitrogens with one attached hydrogen (secondary N) is 3. The number of amides is 2. The summed E-state index contributed by atoms with van der Waals surface area (Å²) in [5.74, 6) is -2.28. The van der Waals surface area contributed by atoms with Crippen molar-refractivity contribution in [2.45, 2.75) is 36.9 Å². The van der Waals surface area contributed by atoms with Gasteiger partial charge in [0.25, 0.3) is 15.9 Å². The van der Waals surface area contributed by atoms with Crippen molar-refractivity contribution in [3.63, 3.8) is 0 Å². The Morgan fingerprint density at radius 3 is 2.58 bits per heavy atom. The third-order valence-corrected chi connectivity index (χ3v) is 10.9. The molecule has 2 amide bonds. The Labute approximate surface area is 275 Å². The highest BCUT2D eigenvalue weighted by atomic mass is 32.2. The standard InChI is InChI=1S/C32H28FN5O8S2/c33-22-10-6-18(7-11-22)16-38-28-21-9-8-20(14-21)26(28)29(39)27(31(38)40)30-34-24-13-12-23(15-25(24)47(42,43)36-30)35-48(44,45)37-32(41)46-17-19-4-2-1-3-5-19/h1-7,10-15,21,26,28,35,39H,8-9,16-17H2,(H,34,36)(H,37,41)/t21-,26-,28+/m1/s1. The lowest BCUT2D eigenvalue weighted by atomic mass is 9.77. The van der Waals surface area contributed by atoms with Gasteiger partial charge >= 0.3 is 16.3 Å². The molecule has 13 nitrogen and oxygen atoms in total. The normalized spacial score (nSPS) is 22.2. The van der Waals surface area contributed by atoms with E-state index in [1.165, 1.54) is 24.3 Å². The molecule has 2 aliphatic carbocycles. The third kappa shape index (κ3) is 5.88. The summed E-state index contributed by atoms with van der Waals surface area (Å²) in [5, 5.41) is 14.3. The Bertz CT molecular complexity index is 2150. The van der Waals surface area contributed by atoms with Crippen LogP contribution >= 0.6 is 0 Å². The average Bonchev–Trinajstić information content (AvgIpc) is 3.66. The maximum absolute atomic E-state index is 14.0. The van der Waals surface area contributed by atoms with Crippen LogP contribution in [0.5, 0.6) is 0 Å². The first-order chi connectivity index (χ1) is 22.9. The molecule has 7 rings (SSSR count). The number of anilines is 2. The van der Waals surface area contributed by atoms with Crippen molar-refractivity contribution in [3.8, 4) is 0 Å². The lowest BCUT2D eigenvalue weighted by Crippen LogP contribution is -2.53. The lowest BCUT2D eigenvalue weighted by Gasteiger charge is -2.44. The van der Waals surface area contributed by atoms with Crippen molar-refractivity contribution in [3.05, 3.63) is 113 Å². The summed E-state index contributed by atoms with van der Waals surface area (Å²) in [4.78, 5) is 27.3. The molecule has 0 saturated heterocycles. The van der Waals surface area contributed by atoms with Crippen LogP contribution in [-0.2, 0) is 42.9 Å². The van der Waals surface area contributed by atoms with Gasteiger partial charge in [-0.15, -0.1) is 4.40 Å². The number of aliphatic hydroxyl groups is 1. The second-order valence-corrected chi connectivity index (χ2v) is 14.7. The third-order valence-electron chi connectivity index (χ3n) is 8.67. The predicted octanol–water partition coefficient (Wildman–Crippen LogP) is 4.11. The molecule has 0 fully saturated rings. The SMILES string of the molecule is O=C(NS(=O)(=O)Nc1ccc2c(c1)S(=O)(=O)N=C(C1=C(O)[C@@H]3C4=C[C@@H](CC4)[C@@H]3N(Cc3ccc(F)cc3)C1=O)N2)OCc1ccccc1. The van der Waals surface area contributed by atoms with Gasteiger partial charge in [0.1, 0.15) is 28.7 Å². The zero-order chi connectivity index (χ0) is 33.8. The van der Waals surface area contributed by atoms with E-state index in [2.05, 4.69) is 14.4 Å². The van der Waals surface area contributed by atoms with Crippen LogP contribution in [0.4, 0.5) is 20.6 Å². The maximum atomic E-state index is 14.0. The molecule has 2 bridgehead atoms. The number of amidine groups is 1. The van der Waals surface area contributed by atoms with Gasteiger partial charge in [0.2, 0.25) is 0 Å². The summed E-state index contributed by atoms with van der Waals surface area (Å²) in [7, 11) is -9.07. The first-order valence-electron chi connectivity index (χ1n) is 14.9. The molecule has 0 unspecified atom stereocenters. The number of aliphatic hydroxyl groups excluding tert-OH is 1. The highest BCUT2D eigenvalue weighted by molar-refractivity contribution is 7.91. The number of nitrogens with zero attached hydrogens (tertiary/aromatic N) is 2. The number of ether oxygens (including phenoxy) is 1. The van der Waals surface area contributed by atoms with Crippen LogP contribution in [0, 0.1) is 17.7 Å². The van der Waals surface area contributed by atoms with E-state index in [1.54, 1.807) is 52.1 Å². The summed E-state index contributed by atoms with van der Waals surface area (Å²) in [6.07, 6.45) is 2.33. The molecule has 2 aliphatic heterocycles. The molecule has 0 aromatic heterocycles. The van der Waals surface area contributed by atoms with E-state index in [0.717, 1.165) is 24.5 Å². The summed E-state index contributed by atoms with van der Waals surface area (Å²) < 4.78 is 78.2. The molecule has 3 aromatic carbocycles. The minimum atomic E-state index is -4.54. The summed E-state index contributed by atoms with van der Waals surface area (Å²) in [6.45, 7) is -0.0774. The van der Waals surface area contributed by atoms with Crippen molar-refractivity contribution < 1.29 is 40.7 Å². The monoisotopic (exact) mass is 693 g/mol. The second kappa shape index (κ2) is 11.8. The van der Waals surface area contributed by atoms with Crippen molar-refractivity contribution >= 4 is 49.4 Å². The number of hydrogen-bond acceptors (Lipinski definition) is 9. The van der Waals surface area contributed by atoms with Crippen LogP contribution in [-0.4, -0.2) is 50.7 Å². The Morgan fingerprint density at radius 2 is 1.83 bits per heavy atom. The summed E-state index contributed by atoms with van der Waals surface area (Å²) >= 11 is 0. The van der Waals surface area contributed by atoms with E-state index in [9.17, 15) is 35.9 Å². The van der Waals surface area contributed by atoms with Gasteiger partial charge in [-0.05, 0) is 60.2 Å². The highest BCUT2D eigenvalue weighted by Gasteiger charge is 2.53. The summed E-state index contributed by atoms with van der Waals surface area (Å²) in [6, 6.07) is 17.4. The molecular formula is C32H28FN5O8S2. The molecule has 0 spiro atoms. The van der Waals surface area contributed by atoms with Crippen molar-refractivity contribution in [1.29, 1.82) is 0 Å². The minimum absolute atomic E-state index is 0.00576. The van der Waals surface area contributed by atoms with Crippen LogP contribution in [0.3, 0.4) is 0 Å². The van der Waals surface area contributed by atoms with E-state index in [1.807, 2.05) is 6.08 Å². The maximum Gasteiger partial charge on any atom is 0.422 e. The van der Waals surface area contributed by atoms with Crippen LogP contribution in [0.1, 0.15) is 24.0 Å². The number of sulfonamides is 1. The molecule has 0 saturated carbocycles. The van der Waals surface area contributed by atoms with Gasteiger partial charge in [-0.25, -0.2) is 13.9 Å². The van der Waals surface area contributed by atoms with Gasteiger partial charge in [0.15, 0.2) is 5.84 Å². The van der Waals surface area contributed by atoms with E-state index < -0.39 is 48.9 Å². The van der Waals surface area contributed by atoms with Gasteiger partial charge in [-0.1, -0.05) is 54.1 Å². The predicted molar refractivity (Wildman–Crippen MR) is 172 cm³/mol. The number of carbonyl (C=O) groups excluding carboxylic acids is 2. The van der Waals surface area contributed by atoms with E-state index >= 15 is 0 Å². The molecular weight excluding hydrogens is 666 g/mol. The van der Waals surface area contributed by atoms with Crippen LogP contribution in [0.2, 0.25) is 0 Å². The first-order valence-corrected chi connectivity index (χ1v) is 17.8. The second-order valence-electron chi connectivity index (χ2n) is 11.8. The fraction of sp³-hybridized carbons (Fsp3) is 0.219. The van der Waals surface area contributed by atoms with Crippen LogP contribution in [0.15, 0.2) is 105 Å². The number of carbonyl (C=O) groups is 2. The zero-order valence-corrected chi connectivity index (χ0v) is 26.6. The molecule has 16 heteroatoms. The Hall–Kier alpha value is -5.22. The number of benzene rings is 3. The molecule has 4 aliphatic rings. The Balaban J connectivity index is 1.13. The van der Waals surface area contributed by atoms with Gasteiger partial charge < -0.3 is 20.1 Å². The molecule has 0 radical (unpaired) electrons. The smallest absolute Gasteiger partial charge is 0.422 e. The van der Waals surface area contributed by atoms with Crippen molar-refractivity contribution in [1.82, 2.24) is 9.62 Å². The van der Waals surface area contributed by atoms with Crippen molar-refractivity contribution in [2.24, 2.45) is 16.2 Å². The first kappa shape index (κ1) is 31.4. The van der Waals surface area contributed by atoms with Gasteiger partial charge in [-0.2, -0.15) is 16.8 Å². The van der Waals surface area contributed by atoms with E-state index in [-0.39, 0.29) is 53.7 Å². The van der Waals surface area contributed by atoms with Gasteiger partial charge in [-0.3, -0.25) is 9.52 Å². The van der Waals surface area contributed by atoms with Crippen LogP contribution in [0.25, 0.3) is 0 Å². The molecule has 248 valence electrons. The van der Waals surface area contributed by atoms with Crippen LogP contribution < -0.4 is 14.8 Å². The minimum Gasteiger partial charge on any atom is -0.511 e. The molecule has 3 atom stereocenters. The van der Waals surface area contributed by atoms with E-state index in [4.69, 9.17) is 4.74 Å². The quantitative estimate of drug-likeness (QED) is 0.252. The number of halogens is 1. The summed E-state index contributed by atoms with van der Waals surface area (Å²) in [5.41, 5.74) is 1.71. The Kier molecular flexibility index (Phi) is 7.71. The van der Waals surface area contributed by atoms with Gasteiger partial charge in [0, 0.05) is 6.54 Å². The molecule has 4 N–H and O–H groups in total. The molecule has 48 heavy (non-hydrogen) atoms. The van der Waals surface area contributed by atoms with Gasteiger partial charge in [0.05, 0.1) is 23.3 Å². The fourth-order valence-electron chi connectivity index (χ4n) is 6.62. The van der Waals surface area contributed by atoms with Crippen molar-refractivity contribution in [2.75, 3.05) is 10.0 Å². The number of rotatable bonds is 8. The average molecular weight is 694 g/mol. The Morgan fingerprint density at radius 1 is 1.08 bits per heavy atom. The molecule has 2 heterocycles. The molecule has 3 aromatic rings. The highest BCUT2D eigenvalue weighted by Crippen LogP contribution is 2.51. The fourth-order valence-corrected chi connectivity index (χ4v) is 8.54. The van der Waals surface area contributed by atoms with E-state index in [0.29, 0.717) is 11.1 Å². The topological polar surface area (TPSA) is 184 Å². The largest absolute Gasteiger partial charge is 0.511 e.